The third kappa shape index (κ3) is 5.48. The van der Waals surface area contributed by atoms with Gasteiger partial charge in [-0.1, -0.05) is 68.8 Å². The van der Waals surface area contributed by atoms with E-state index in [0.29, 0.717) is 29.2 Å². The SMILES string of the molecule is [C-]#[N+]c1cc(C(=O)N2Cc3c(nn4c3C(=O)N([C@@H](C)c3ccc(C5(O[Si](C)(C)C(C)(C)C)CC5)cc3)C[C@H]4C)C[C@H]2C)ccc1Cl. The van der Waals surface area contributed by atoms with Gasteiger partial charge in [-0.15, -0.1) is 0 Å². The Hall–Kier alpha value is -3.45. The van der Waals surface area contributed by atoms with Gasteiger partial charge in [0, 0.05) is 35.2 Å². The van der Waals surface area contributed by atoms with Crippen LogP contribution in [0.25, 0.3) is 4.85 Å². The number of carbonyl (C=O) groups excluding carboxylic acids is 2. The van der Waals surface area contributed by atoms with Crippen LogP contribution in [0.15, 0.2) is 42.5 Å². The highest BCUT2D eigenvalue weighted by atomic mass is 35.5. The quantitative estimate of drug-likeness (QED) is 0.197. The van der Waals surface area contributed by atoms with Crippen molar-refractivity contribution >= 4 is 37.4 Å². The predicted molar refractivity (Wildman–Crippen MR) is 183 cm³/mol. The van der Waals surface area contributed by atoms with Crippen LogP contribution < -0.4 is 0 Å². The van der Waals surface area contributed by atoms with E-state index in [2.05, 4.69) is 76.8 Å². The second kappa shape index (κ2) is 11.4. The molecule has 242 valence electrons. The molecule has 6 rings (SSSR count). The number of carbonyl (C=O) groups is 2. The molecule has 2 amide bonds. The normalized spacial score (nSPS) is 21.3. The van der Waals surface area contributed by atoms with Crippen molar-refractivity contribution < 1.29 is 14.0 Å². The largest absolute Gasteiger partial charge is 0.407 e. The van der Waals surface area contributed by atoms with Crippen molar-refractivity contribution in [3.8, 4) is 0 Å². The van der Waals surface area contributed by atoms with Gasteiger partial charge in [-0.2, -0.15) is 5.10 Å². The minimum atomic E-state index is -1.92. The zero-order valence-electron chi connectivity index (χ0n) is 28.1. The smallest absolute Gasteiger partial charge is 0.273 e. The first-order valence-corrected chi connectivity index (χ1v) is 19.6. The van der Waals surface area contributed by atoms with Crippen LogP contribution in [0, 0.1) is 6.57 Å². The van der Waals surface area contributed by atoms with E-state index in [1.54, 1.807) is 23.1 Å². The van der Waals surface area contributed by atoms with Gasteiger partial charge >= 0.3 is 0 Å². The molecule has 10 heteroatoms. The number of amides is 2. The lowest BCUT2D eigenvalue weighted by Crippen LogP contribution is -2.45. The molecule has 0 radical (unpaired) electrons. The monoisotopic (exact) mass is 657 g/mol. The van der Waals surface area contributed by atoms with E-state index in [0.717, 1.165) is 29.7 Å². The fraction of sp³-hybridized carbons (Fsp3) is 0.500. The van der Waals surface area contributed by atoms with Crippen molar-refractivity contribution in [2.24, 2.45) is 0 Å². The van der Waals surface area contributed by atoms with Crippen LogP contribution in [0.2, 0.25) is 23.2 Å². The van der Waals surface area contributed by atoms with Crippen molar-refractivity contribution in [3.05, 3.63) is 92.5 Å². The van der Waals surface area contributed by atoms with E-state index < -0.39 is 8.32 Å². The van der Waals surface area contributed by atoms with Crippen LogP contribution in [0.3, 0.4) is 0 Å². The van der Waals surface area contributed by atoms with E-state index in [1.165, 1.54) is 5.56 Å². The highest BCUT2D eigenvalue weighted by Gasteiger charge is 2.52. The van der Waals surface area contributed by atoms with Gasteiger partial charge < -0.3 is 14.2 Å². The van der Waals surface area contributed by atoms with Crippen molar-refractivity contribution in [2.75, 3.05) is 6.54 Å². The molecule has 1 saturated carbocycles. The van der Waals surface area contributed by atoms with Crippen molar-refractivity contribution in [1.82, 2.24) is 19.6 Å². The fourth-order valence-corrected chi connectivity index (χ4v) is 8.41. The number of aromatic nitrogens is 2. The van der Waals surface area contributed by atoms with E-state index in [4.69, 9.17) is 27.7 Å². The van der Waals surface area contributed by atoms with Crippen molar-refractivity contribution in [2.45, 2.75) is 109 Å². The van der Waals surface area contributed by atoms with Crippen LogP contribution in [-0.2, 0) is 23.0 Å². The molecule has 2 aromatic carbocycles. The highest BCUT2D eigenvalue weighted by molar-refractivity contribution is 6.74. The first-order chi connectivity index (χ1) is 21.6. The van der Waals surface area contributed by atoms with Crippen LogP contribution >= 0.6 is 11.6 Å². The van der Waals surface area contributed by atoms with Gasteiger partial charge in [-0.3, -0.25) is 14.3 Å². The fourth-order valence-electron chi connectivity index (χ4n) is 6.64. The lowest BCUT2D eigenvalue weighted by Gasteiger charge is -2.40. The van der Waals surface area contributed by atoms with Gasteiger partial charge in [0.05, 0.1) is 36.5 Å². The lowest BCUT2D eigenvalue weighted by molar-refractivity contribution is 0.0574. The van der Waals surface area contributed by atoms with Gasteiger partial charge in [0.15, 0.2) is 8.32 Å². The third-order valence-corrected chi connectivity index (χ3v) is 15.5. The van der Waals surface area contributed by atoms with E-state index >= 15 is 0 Å². The van der Waals surface area contributed by atoms with Crippen LogP contribution in [0.4, 0.5) is 5.69 Å². The molecular weight excluding hydrogens is 614 g/mol. The first-order valence-electron chi connectivity index (χ1n) is 16.3. The number of fused-ring (bicyclic) bond motifs is 3. The predicted octanol–water partition coefficient (Wildman–Crippen LogP) is 8.46. The maximum absolute atomic E-state index is 14.2. The van der Waals surface area contributed by atoms with Crippen LogP contribution in [-0.4, -0.2) is 52.3 Å². The van der Waals surface area contributed by atoms with Gasteiger partial charge in [-0.25, -0.2) is 4.85 Å². The summed E-state index contributed by atoms with van der Waals surface area (Å²) >= 11 is 6.13. The molecule has 0 N–H and O–H groups in total. The molecule has 1 fully saturated rings. The lowest BCUT2D eigenvalue weighted by atomic mass is 9.96. The Labute approximate surface area is 278 Å². The van der Waals surface area contributed by atoms with E-state index in [-0.39, 0.29) is 52.8 Å². The Morgan fingerprint density at radius 3 is 2.41 bits per heavy atom. The maximum Gasteiger partial charge on any atom is 0.273 e. The Balaban J connectivity index is 1.24. The molecule has 3 aromatic rings. The molecule has 2 aliphatic heterocycles. The molecule has 1 aliphatic carbocycles. The summed E-state index contributed by atoms with van der Waals surface area (Å²) in [4.78, 5) is 35.1. The minimum absolute atomic E-state index is 0.00954. The Morgan fingerprint density at radius 1 is 1.13 bits per heavy atom. The molecule has 46 heavy (non-hydrogen) atoms. The highest BCUT2D eigenvalue weighted by Crippen LogP contribution is 2.54. The summed E-state index contributed by atoms with van der Waals surface area (Å²) in [5.74, 6) is -0.251. The summed E-state index contributed by atoms with van der Waals surface area (Å²) in [5, 5.41) is 5.37. The van der Waals surface area contributed by atoms with Crippen LogP contribution in [0.1, 0.15) is 110 Å². The standard InChI is InChI=1S/C36H44ClN5O3Si/c1-22-18-30-28(21-40(22)33(43)26-12-15-29(37)31(19-26)38-7)32-34(44)41(20-23(2)42(32)39-30)24(3)25-10-13-27(14-11-25)36(16-17-36)45-46(8,9)35(4,5)6/h10-15,19,22-24H,16-18,20-21H2,1-6,8-9H3/t22-,23-,24+/m1/s1. The molecular formula is C36H44ClN5O3Si. The molecule has 3 heterocycles. The van der Waals surface area contributed by atoms with E-state index in [9.17, 15) is 9.59 Å². The Bertz CT molecular complexity index is 1750. The number of benzene rings is 2. The Morgan fingerprint density at radius 2 is 1.80 bits per heavy atom. The molecule has 8 nitrogen and oxygen atoms in total. The molecule has 0 bridgehead atoms. The minimum Gasteiger partial charge on any atom is -0.407 e. The van der Waals surface area contributed by atoms with Gasteiger partial charge in [0.1, 0.15) is 5.69 Å². The summed E-state index contributed by atoms with van der Waals surface area (Å²) in [6, 6.07) is 13.2. The average molecular weight is 658 g/mol. The molecule has 0 spiro atoms. The van der Waals surface area contributed by atoms with Crippen molar-refractivity contribution in [3.63, 3.8) is 0 Å². The summed E-state index contributed by atoms with van der Waals surface area (Å²) in [6.45, 7) is 25.9. The van der Waals surface area contributed by atoms with Crippen molar-refractivity contribution in [1.29, 1.82) is 0 Å². The topological polar surface area (TPSA) is 72.0 Å². The zero-order valence-corrected chi connectivity index (χ0v) is 29.9. The number of halogens is 1. The molecule has 3 aliphatic rings. The Kier molecular flexibility index (Phi) is 8.02. The zero-order chi connectivity index (χ0) is 33.3. The number of hydrogen-bond acceptors (Lipinski definition) is 4. The van der Waals surface area contributed by atoms with Gasteiger partial charge in [-0.05, 0) is 68.9 Å². The number of nitrogens with zero attached hydrogens (tertiary/aromatic N) is 5. The second-order valence-corrected chi connectivity index (χ2v) is 20.1. The third-order valence-electron chi connectivity index (χ3n) is 10.7. The van der Waals surface area contributed by atoms with E-state index in [1.807, 2.05) is 16.5 Å². The first kappa shape index (κ1) is 32.5. The molecule has 3 atom stereocenters. The summed E-state index contributed by atoms with van der Waals surface area (Å²) in [7, 11) is -1.92. The average Bonchev–Trinajstić information content (AvgIpc) is 3.68. The van der Waals surface area contributed by atoms with Gasteiger partial charge in [0.2, 0.25) is 5.69 Å². The molecule has 0 unspecified atom stereocenters. The summed E-state index contributed by atoms with van der Waals surface area (Å²) in [6.07, 6.45) is 2.64. The summed E-state index contributed by atoms with van der Waals surface area (Å²) in [5.41, 5.74) is 5.04. The number of rotatable bonds is 6. The van der Waals surface area contributed by atoms with Gasteiger partial charge in [0.25, 0.3) is 11.8 Å². The second-order valence-electron chi connectivity index (χ2n) is 14.9. The summed E-state index contributed by atoms with van der Waals surface area (Å²) < 4.78 is 8.78. The van der Waals surface area contributed by atoms with Crippen LogP contribution in [0.5, 0.6) is 0 Å². The molecule has 1 aromatic heterocycles. The maximum atomic E-state index is 14.2. The molecule has 0 saturated heterocycles. The number of hydrogen-bond donors (Lipinski definition) is 0.